The number of ether oxygens (including phenoxy) is 2. The van der Waals surface area contributed by atoms with Crippen molar-refractivity contribution in [3.63, 3.8) is 0 Å². The van der Waals surface area contributed by atoms with E-state index in [9.17, 15) is 24.5 Å². The maximum atomic E-state index is 14.3. The molecule has 4 atom stereocenters. The van der Waals surface area contributed by atoms with E-state index in [2.05, 4.69) is 15.6 Å². The highest BCUT2D eigenvalue weighted by Gasteiger charge is 2.70. The van der Waals surface area contributed by atoms with Gasteiger partial charge in [-0.3, -0.25) is 29.8 Å². The molecule has 1 spiro atoms. The third kappa shape index (κ3) is 3.10. The number of non-ortho nitro benzene ring substituents is 1. The minimum atomic E-state index is -1.68. The first-order valence-corrected chi connectivity index (χ1v) is 13.1. The second-order valence-corrected chi connectivity index (χ2v) is 10.6. The van der Waals surface area contributed by atoms with Crippen LogP contribution in [0.4, 0.5) is 17.1 Å². The molecule has 8 rings (SSSR count). The van der Waals surface area contributed by atoms with Crippen LogP contribution in [0.2, 0.25) is 0 Å². The first kappa shape index (κ1) is 23.6. The Morgan fingerprint density at radius 3 is 2.68 bits per heavy atom. The van der Waals surface area contributed by atoms with Gasteiger partial charge >= 0.3 is 0 Å². The SMILES string of the molecule is O=C1[C@@H]2[C@H](Cc3c[nH]c4ccccc34)N[C@]3(C(=O)Nc4ccc([N+](=O)[O-])cc43)[C@H]2C(=O)N1c1ccc2c(c1)OCO2. The van der Waals surface area contributed by atoms with E-state index in [0.717, 1.165) is 21.4 Å². The molecular formula is C29H21N5O7. The monoisotopic (exact) mass is 551 g/mol. The van der Waals surface area contributed by atoms with Crippen LogP contribution < -0.4 is 25.0 Å². The van der Waals surface area contributed by atoms with Gasteiger partial charge in [-0.1, -0.05) is 18.2 Å². The van der Waals surface area contributed by atoms with Gasteiger partial charge in [-0.25, -0.2) is 4.90 Å². The predicted octanol–water partition coefficient (Wildman–Crippen LogP) is 2.97. The summed E-state index contributed by atoms with van der Waals surface area (Å²) in [5.41, 5.74) is 0.874. The van der Waals surface area contributed by atoms with Crippen LogP contribution in [0, 0.1) is 22.0 Å². The molecule has 4 aliphatic heterocycles. The van der Waals surface area contributed by atoms with Gasteiger partial charge in [0.2, 0.25) is 24.5 Å². The lowest BCUT2D eigenvalue weighted by Gasteiger charge is -2.29. The Kier molecular flexibility index (Phi) is 4.70. The standard InChI is InChI=1S/C29H21N5O7/c35-26-24-21(9-14-12-30-19-4-2-1-3-17(14)19)32-29(18-10-16(34(38)39)5-7-20(18)31-28(29)37)25(24)27(36)33(26)15-6-8-22-23(11-15)41-13-40-22/h1-8,10-12,21,24-25,30,32H,9,13H2,(H,31,37)/t21-,24+,25+,29-/m0/s1. The van der Waals surface area contributed by atoms with E-state index in [1.165, 1.54) is 18.2 Å². The Morgan fingerprint density at radius 1 is 1.00 bits per heavy atom. The molecule has 1 aromatic heterocycles. The summed E-state index contributed by atoms with van der Waals surface area (Å²) >= 11 is 0. The molecule has 12 heteroatoms. The summed E-state index contributed by atoms with van der Waals surface area (Å²) in [5, 5.41) is 18.8. The minimum Gasteiger partial charge on any atom is -0.454 e. The fourth-order valence-electron chi connectivity index (χ4n) is 6.89. The van der Waals surface area contributed by atoms with E-state index >= 15 is 0 Å². The summed E-state index contributed by atoms with van der Waals surface area (Å²) in [6.07, 6.45) is 2.19. The number of benzene rings is 3. The minimum absolute atomic E-state index is 0.0292. The predicted molar refractivity (Wildman–Crippen MR) is 144 cm³/mol. The highest BCUT2D eigenvalue weighted by Crippen LogP contribution is 2.55. The quantitative estimate of drug-likeness (QED) is 0.199. The molecule has 3 N–H and O–H groups in total. The van der Waals surface area contributed by atoms with Crippen molar-refractivity contribution in [1.82, 2.24) is 10.3 Å². The molecule has 12 nitrogen and oxygen atoms in total. The van der Waals surface area contributed by atoms with Gasteiger partial charge in [-0.2, -0.15) is 0 Å². The Bertz CT molecular complexity index is 1850. The number of nitrogens with one attached hydrogen (secondary N) is 3. The van der Waals surface area contributed by atoms with Crippen molar-refractivity contribution in [2.75, 3.05) is 17.0 Å². The maximum Gasteiger partial charge on any atom is 0.269 e. The summed E-state index contributed by atoms with van der Waals surface area (Å²) in [6, 6.07) is 16.0. The molecule has 2 saturated heterocycles. The number of H-pyrrole nitrogens is 1. The molecule has 0 aliphatic carbocycles. The average Bonchev–Trinajstić information content (AvgIpc) is 3.76. The Labute approximate surface area is 231 Å². The van der Waals surface area contributed by atoms with Crippen molar-refractivity contribution in [2.24, 2.45) is 11.8 Å². The third-order valence-electron chi connectivity index (χ3n) is 8.64. The van der Waals surface area contributed by atoms with Crippen molar-refractivity contribution in [2.45, 2.75) is 18.0 Å². The number of carbonyl (C=O) groups is 3. The number of amides is 3. The van der Waals surface area contributed by atoms with Crippen LogP contribution in [-0.2, 0) is 26.3 Å². The molecule has 3 aromatic carbocycles. The van der Waals surface area contributed by atoms with E-state index < -0.39 is 46.1 Å². The summed E-state index contributed by atoms with van der Waals surface area (Å²) in [7, 11) is 0. The third-order valence-corrected chi connectivity index (χ3v) is 8.64. The number of aromatic nitrogens is 1. The van der Waals surface area contributed by atoms with Crippen LogP contribution >= 0.6 is 0 Å². The molecule has 0 bridgehead atoms. The van der Waals surface area contributed by atoms with Crippen LogP contribution in [0.5, 0.6) is 11.5 Å². The number of fused-ring (bicyclic) bond motifs is 6. The number of nitrogens with zero attached hydrogens (tertiary/aromatic N) is 2. The molecule has 2 fully saturated rings. The largest absolute Gasteiger partial charge is 0.454 e. The van der Waals surface area contributed by atoms with Gasteiger partial charge in [0.25, 0.3) is 5.69 Å². The fourth-order valence-corrected chi connectivity index (χ4v) is 6.89. The molecule has 4 aliphatic rings. The van der Waals surface area contributed by atoms with Crippen LogP contribution in [0.1, 0.15) is 11.1 Å². The first-order chi connectivity index (χ1) is 19.9. The number of imide groups is 1. The van der Waals surface area contributed by atoms with Crippen LogP contribution in [-0.4, -0.2) is 40.5 Å². The molecule has 41 heavy (non-hydrogen) atoms. The highest BCUT2D eigenvalue weighted by atomic mass is 16.7. The Hall–Kier alpha value is -5.23. The Morgan fingerprint density at radius 2 is 1.83 bits per heavy atom. The summed E-state index contributed by atoms with van der Waals surface area (Å²) in [6.45, 7) is 0.0292. The Balaban J connectivity index is 1.28. The zero-order chi connectivity index (χ0) is 28.0. The van der Waals surface area contributed by atoms with Crippen molar-refractivity contribution in [3.8, 4) is 11.5 Å². The highest BCUT2D eigenvalue weighted by molar-refractivity contribution is 6.26. The zero-order valence-electron chi connectivity index (χ0n) is 21.2. The van der Waals surface area contributed by atoms with Crippen LogP contribution in [0.15, 0.2) is 66.9 Å². The zero-order valence-corrected chi connectivity index (χ0v) is 21.2. The van der Waals surface area contributed by atoms with E-state index in [1.807, 2.05) is 30.5 Å². The molecule has 0 radical (unpaired) electrons. The lowest BCUT2D eigenvalue weighted by atomic mass is 9.76. The molecule has 0 saturated carbocycles. The number of carbonyl (C=O) groups excluding carboxylic acids is 3. The number of hydrogen-bond donors (Lipinski definition) is 3. The van der Waals surface area contributed by atoms with Gasteiger partial charge in [0.05, 0.1) is 22.4 Å². The van der Waals surface area contributed by atoms with E-state index in [-0.39, 0.29) is 18.0 Å². The lowest BCUT2D eigenvalue weighted by molar-refractivity contribution is -0.384. The van der Waals surface area contributed by atoms with Gasteiger partial charge in [0.1, 0.15) is 5.54 Å². The van der Waals surface area contributed by atoms with Crippen molar-refractivity contribution in [1.29, 1.82) is 0 Å². The average molecular weight is 552 g/mol. The van der Waals surface area contributed by atoms with Gasteiger partial charge in [-0.15, -0.1) is 0 Å². The van der Waals surface area contributed by atoms with Gasteiger partial charge < -0.3 is 19.8 Å². The number of anilines is 2. The molecular weight excluding hydrogens is 530 g/mol. The normalized spacial score (nSPS) is 25.7. The van der Waals surface area contributed by atoms with E-state index in [0.29, 0.717) is 29.3 Å². The smallest absolute Gasteiger partial charge is 0.269 e. The second kappa shape index (κ2) is 8.15. The van der Waals surface area contributed by atoms with Gasteiger partial charge in [-0.05, 0) is 36.2 Å². The molecule has 4 aromatic rings. The van der Waals surface area contributed by atoms with Crippen molar-refractivity contribution < 1.29 is 28.8 Å². The molecule has 5 heterocycles. The van der Waals surface area contributed by atoms with Gasteiger partial charge in [0, 0.05) is 52.6 Å². The van der Waals surface area contributed by atoms with Gasteiger partial charge in [0.15, 0.2) is 11.5 Å². The molecule has 3 amide bonds. The second-order valence-electron chi connectivity index (χ2n) is 10.6. The number of para-hydroxylation sites is 1. The topological polar surface area (TPSA) is 156 Å². The summed E-state index contributed by atoms with van der Waals surface area (Å²) in [5.74, 6) is -2.71. The molecule has 204 valence electrons. The van der Waals surface area contributed by atoms with Crippen LogP contribution in [0.3, 0.4) is 0 Å². The van der Waals surface area contributed by atoms with E-state index in [1.54, 1.807) is 18.2 Å². The lowest BCUT2D eigenvalue weighted by Crippen LogP contribution is -2.53. The maximum absolute atomic E-state index is 14.3. The summed E-state index contributed by atoms with van der Waals surface area (Å²) in [4.78, 5) is 57.7. The van der Waals surface area contributed by atoms with E-state index in [4.69, 9.17) is 9.47 Å². The first-order valence-electron chi connectivity index (χ1n) is 13.1. The number of hydrogen-bond acceptors (Lipinski definition) is 8. The fraction of sp³-hybridized carbons (Fsp3) is 0.207. The number of nitro groups is 1. The summed E-state index contributed by atoms with van der Waals surface area (Å²) < 4.78 is 10.9. The van der Waals surface area contributed by atoms with Crippen molar-refractivity contribution in [3.05, 3.63) is 88.1 Å². The van der Waals surface area contributed by atoms with Crippen LogP contribution in [0.25, 0.3) is 10.9 Å². The number of aromatic amines is 1. The number of nitro benzene ring substituents is 1. The molecule has 0 unspecified atom stereocenters. The number of rotatable bonds is 4. The van der Waals surface area contributed by atoms with Crippen molar-refractivity contribution >= 4 is 45.7 Å².